The van der Waals surface area contributed by atoms with Crippen LogP contribution in [0.4, 0.5) is 5.69 Å². The molecule has 2 atom stereocenters. The molecule has 1 aromatic rings. The van der Waals surface area contributed by atoms with Crippen LogP contribution in [0.1, 0.15) is 20.3 Å². The summed E-state index contributed by atoms with van der Waals surface area (Å²) in [6.45, 7) is 3.57. The maximum Gasteiger partial charge on any atom is 0.322 e. The summed E-state index contributed by atoms with van der Waals surface area (Å²) < 4.78 is 4.67. The minimum atomic E-state index is -0.482. The molecule has 0 bridgehead atoms. The van der Waals surface area contributed by atoms with Crippen molar-refractivity contribution in [1.82, 2.24) is 5.32 Å². The maximum atomic E-state index is 11.9. The number of para-hydroxylation sites is 1. The van der Waals surface area contributed by atoms with Gasteiger partial charge in [0.15, 0.2) is 0 Å². The number of amides is 1. The van der Waals surface area contributed by atoms with Crippen molar-refractivity contribution < 1.29 is 14.3 Å². The summed E-state index contributed by atoms with van der Waals surface area (Å²) >= 11 is 0. The van der Waals surface area contributed by atoms with Gasteiger partial charge in [0, 0.05) is 5.69 Å². The van der Waals surface area contributed by atoms with Gasteiger partial charge in [0.25, 0.3) is 0 Å². The zero-order valence-electron chi connectivity index (χ0n) is 11.5. The van der Waals surface area contributed by atoms with Crippen molar-refractivity contribution in [2.45, 2.75) is 32.4 Å². The van der Waals surface area contributed by atoms with E-state index in [0.717, 1.165) is 5.69 Å². The normalized spacial score (nSPS) is 13.4. The molecule has 19 heavy (non-hydrogen) atoms. The quantitative estimate of drug-likeness (QED) is 0.765. The zero-order chi connectivity index (χ0) is 14.3. The zero-order valence-corrected chi connectivity index (χ0v) is 11.5. The van der Waals surface area contributed by atoms with Crippen molar-refractivity contribution in [1.29, 1.82) is 0 Å². The first-order chi connectivity index (χ1) is 9.08. The third-order valence-corrected chi connectivity index (χ3v) is 2.78. The number of nitrogens with one attached hydrogen (secondary N) is 2. The Bertz CT molecular complexity index is 420. The number of carbonyl (C=O) groups is 2. The van der Waals surface area contributed by atoms with Gasteiger partial charge in [-0.25, -0.2) is 0 Å². The van der Waals surface area contributed by atoms with Gasteiger partial charge >= 0.3 is 5.97 Å². The van der Waals surface area contributed by atoms with Crippen LogP contribution in [0.2, 0.25) is 0 Å². The van der Waals surface area contributed by atoms with E-state index in [1.165, 1.54) is 7.11 Å². The molecule has 0 aliphatic carbocycles. The maximum absolute atomic E-state index is 11.9. The Balaban J connectivity index is 2.55. The number of hydrogen-bond acceptors (Lipinski definition) is 4. The van der Waals surface area contributed by atoms with Crippen molar-refractivity contribution in [2.75, 3.05) is 12.4 Å². The summed E-state index contributed by atoms with van der Waals surface area (Å²) in [5.41, 5.74) is 0.729. The number of ether oxygens (including phenoxy) is 1. The monoisotopic (exact) mass is 264 g/mol. The van der Waals surface area contributed by atoms with Crippen LogP contribution in [0, 0.1) is 0 Å². The van der Waals surface area contributed by atoms with Gasteiger partial charge in [-0.2, -0.15) is 0 Å². The molecule has 0 saturated heterocycles. The molecular weight excluding hydrogens is 244 g/mol. The van der Waals surface area contributed by atoms with Gasteiger partial charge in [0.1, 0.15) is 6.04 Å². The number of carbonyl (C=O) groups excluding carboxylic acids is 2. The SMILES string of the molecule is CC[C@H](N[C@@H](C)C(=O)Nc1ccccc1)C(=O)OC. The topological polar surface area (TPSA) is 67.4 Å². The molecule has 0 saturated carbocycles. The summed E-state index contributed by atoms with van der Waals surface area (Å²) in [6, 6.07) is 8.23. The number of benzene rings is 1. The molecule has 0 aliphatic heterocycles. The molecule has 104 valence electrons. The van der Waals surface area contributed by atoms with Gasteiger partial charge < -0.3 is 10.1 Å². The predicted octanol–water partition coefficient (Wildman–Crippen LogP) is 1.55. The second-order valence-electron chi connectivity index (χ2n) is 4.23. The van der Waals surface area contributed by atoms with Crippen LogP contribution in [0.25, 0.3) is 0 Å². The molecule has 0 unspecified atom stereocenters. The summed E-state index contributed by atoms with van der Waals surface area (Å²) in [4.78, 5) is 23.4. The van der Waals surface area contributed by atoms with Crippen molar-refractivity contribution in [3.63, 3.8) is 0 Å². The fraction of sp³-hybridized carbons (Fsp3) is 0.429. The molecule has 1 aromatic carbocycles. The number of anilines is 1. The molecule has 0 spiro atoms. The minimum Gasteiger partial charge on any atom is -0.468 e. The van der Waals surface area contributed by atoms with E-state index >= 15 is 0 Å². The predicted molar refractivity (Wildman–Crippen MR) is 73.8 cm³/mol. The molecule has 1 rings (SSSR count). The average Bonchev–Trinajstić information content (AvgIpc) is 2.44. The van der Waals surface area contributed by atoms with Crippen LogP contribution in [0.5, 0.6) is 0 Å². The van der Waals surface area contributed by atoms with Gasteiger partial charge in [0.2, 0.25) is 5.91 Å². The van der Waals surface area contributed by atoms with Crippen LogP contribution in [-0.4, -0.2) is 31.1 Å². The highest BCUT2D eigenvalue weighted by atomic mass is 16.5. The number of hydrogen-bond donors (Lipinski definition) is 2. The Morgan fingerprint density at radius 1 is 1.26 bits per heavy atom. The molecule has 0 aliphatic rings. The fourth-order valence-electron chi connectivity index (χ4n) is 1.64. The van der Waals surface area contributed by atoms with Gasteiger partial charge in [-0.3, -0.25) is 14.9 Å². The Morgan fingerprint density at radius 2 is 1.89 bits per heavy atom. The van der Waals surface area contributed by atoms with Crippen molar-refractivity contribution in [3.05, 3.63) is 30.3 Å². The molecule has 5 nitrogen and oxygen atoms in total. The van der Waals surface area contributed by atoms with Crippen LogP contribution in [0.3, 0.4) is 0 Å². The third-order valence-electron chi connectivity index (χ3n) is 2.78. The highest BCUT2D eigenvalue weighted by Gasteiger charge is 2.22. The first-order valence-corrected chi connectivity index (χ1v) is 6.28. The van der Waals surface area contributed by atoms with E-state index in [9.17, 15) is 9.59 Å². The molecule has 0 heterocycles. The van der Waals surface area contributed by atoms with Crippen LogP contribution in [0.15, 0.2) is 30.3 Å². The lowest BCUT2D eigenvalue weighted by Crippen LogP contribution is -2.47. The number of esters is 1. The highest BCUT2D eigenvalue weighted by Crippen LogP contribution is 2.06. The Morgan fingerprint density at radius 3 is 2.42 bits per heavy atom. The number of methoxy groups -OCH3 is 1. The summed E-state index contributed by atoms with van der Waals surface area (Å²) in [5.74, 6) is -0.546. The Kier molecular flexibility index (Phi) is 6.02. The summed E-state index contributed by atoms with van der Waals surface area (Å²) in [6.07, 6.45) is 0.565. The Labute approximate surface area is 113 Å². The number of rotatable bonds is 6. The van der Waals surface area contributed by atoms with Gasteiger partial charge in [-0.05, 0) is 25.5 Å². The van der Waals surface area contributed by atoms with Gasteiger partial charge in [-0.15, -0.1) is 0 Å². The van der Waals surface area contributed by atoms with Crippen LogP contribution < -0.4 is 10.6 Å². The van der Waals surface area contributed by atoms with Crippen molar-refractivity contribution >= 4 is 17.6 Å². The first-order valence-electron chi connectivity index (χ1n) is 6.28. The summed E-state index contributed by atoms with van der Waals surface area (Å²) in [7, 11) is 1.33. The second kappa shape index (κ2) is 7.53. The van der Waals surface area contributed by atoms with E-state index in [-0.39, 0.29) is 11.9 Å². The molecule has 0 radical (unpaired) electrons. The molecule has 5 heteroatoms. The van der Waals surface area contributed by atoms with Crippen molar-refractivity contribution in [3.8, 4) is 0 Å². The molecule has 0 fully saturated rings. The molecule has 2 N–H and O–H groups in total. The molecule has 0 aromatic heterocycles. The van der Waals surface area contributed by atoms with Crippen LogP contribution >= 0.6 is 0 Å². The average molecular weight is 264 g/mol. The lowest BCUT2D eigenvalue weighted by atomic mass is 10.2. The van der Waals surface area contributed by atoms with Gasteiger partial charge in [-0.1, -0.05) is 25.1 Å². The van der Waals surface area contributed by atoms with E-state index in [2.05, 4.69) is 15.4 Å². The van der Waals surface area contributed by atoms with E-state index in [1.54, 1.807) is 6.92 Å². The van der Waals surface area contributed by atoms with Crippen molar-refractivity contribution in [2.24, 2.45) is 0 Å². The first kappa shape index (κ1) is 15.2. The lowest BCUT2D eigenvalue weighted by Gasteiger charge is -2.19. The van der Waals surface area contributed by atoms with E-state index in [1.807, 2.05) is 37.3 Å². The smallest absolute Gasteiger partial charge is 0.322 e. The fourth-order valence-corrected chi connectivity index (χ4v) is 1.64. The highest BCUT2D eigenvalue weighted by molar-refractivity contribution is 5.94. The summed E-state index contributed by atoms with van der Waals surface area (Å²) in [5, 5.41) is 5.73. The largest absolute Gasteiger partial charge is 0.468 e. The second-order valence-corrected chi connectivity index (χ2v) is 4.23. The van der Waals surface area contributed by atoms with Gasteiger partial charge in [0.05, 0.1) is 13.2 Å². The standard InChI is InChI=1S/C14H20N2O3/c1-4-12(14(18)19-3)15-10(2)13(17)16-11-8-6-5-7-9-11/h5-10,12,15H,4H2,1-3H3,(H,16,17)/t10-,12-/m0/s1. The molecular formula is C14H20N2O3. The van der Waals surface area contributed by atoms with E-state index in [0.29, 0.717) is 6.42 Å². The van der Waals surface area contributed by atoms with Crippen LogP contribution in [-0.2, 0) is 14.3 Å². The minimum absolute atomic E-state index is 0.187. The lowest BCUT2D eigenvalue weighted by molar-refractivity contribution is -0.143. The Hall–Kier alpha value is -1.88. The third kappa shape index (κ3) is 4.71. The molecule has 1 amide bonds. The van der Waals surface area contributed by atoms with E-state index in [4.69, 9.17) is 0 Å². The van der Waals surface area contributed by atoms with E-state index < -0.39 is 12.1 Å².